The van der Waals surface area contributed by atoms with Gasteiger partial charge in [0.25, 0.3) is 0 Å². The van der Waals surface area contributed by atoms with Gasteiger partial charge in [0.2, 0.25) is 5.91 Å². The van der Waals surface area contributed by atoms with E-state index in [4.69, 9.17) is 5.11 Å². The minimum absolute atomic E-state index is 0.00282. The van der Waals surface area contributed by atoms with E-state index in [0.29, 0.717) is 25.8 Å². The van der Waals surface area contributed by atoms with Crippen LogP contribution >= 0.6 is 0 Å². The van der Waals surface area contributed by atoms with Gasteiger partial charge < -0.3 is 15.1 Å². The van der Waals surface area contributed by atoms with Crippen molar-refractivity contribution < 1.29 is 19.8 Å². The average molecular weight is 269 g/mol. The van der Waals surface area contributed by atoms with Crippen molar-refractivity contribution in [2.24, 2.45) is 11.8 Å². The highest BCUT2D eigenvalue weighted by Gasteiger charge is 2.41. The van der Waals surface area contributed by atoms with E-state index in [9.17, 15) is 14.7 Å². The highest BCUT2D eigenvalue weighted by molar-refractivity contribution is 5.85. The van der Waals surface area contributed by atoms with Crippen LogP contribution in [0, 0.1) is 11.8 Å². The van der Waals surface area contributed by atoms with E-state index in [1.165, 1.54) is 0 Å². The molecule has 0 unspecified atom stereocenters. The molecule has 108 valence electrons. The molecule has 2 rings (SSSR count). The van der Waals surface area contributed by atoms with Crippen LogP contribution < -0.4 is 0 Å². The van der Waals surface area contributed by atoms with Gasteiger partial charge in [-0.1, -0.05) is 6.42 Å². The van der Waals surface area contributed by atoms with Gasteiger partial charge in [0.05, 0.1) is 11.8 Å². The zero-order valence-electron chi connectivity index (χ0n) is 11.3. The number of hydrogen-bond donors (Lipinski definition) is 2. The SMILES string of the molecule is O=C(O)[C@H]1CCC[C@H]1C(=O)N(CCCO)C1CCC1. The largest absolute Gasteiger partial charge is 0.481 e. The van der Waals surface area contributed by atoms with Gasteiger partial charge >= 0.3 is 5.97 Å². The van der Waals surface area contributed by atoms with Gasteiger partial charge in [-0.15, -0.1) is 0 Å². The standard InChI is InChI=1S/C14H23NO4/c16-9-3-8-15(10-4-1-5-10)13(17)11-6-2-7-12(11)14(18)19/h10-12,16H,1-9H2,(H,18,19)/t11-,12+/m1/s1. The molecule has 2 saturated carbocycles. The predicted molar refractivity (Wildman–Crippen MR) is 69.5 cm³/mol. The van der Waals surface area contributed by atoms with Crippen molar-refractivity contribution in [1.29, 1.82) is 0 Å². The number of carbonyl (C=O) groups is 2. The third kappa shape index (κ3) is 3.08. The molecule has 2 atom stereocenters. The van der Waals surface area contributed by atoms with Crippen molar-refractivity contribution in [3.63, 3.8) is 0 Å². The molecule has 0 radical (unpaired) electrons. The van der Waals surface area contributed by atoms with Gasteiger partial charge in [0, 0.05) is 19.2 Å². The Bertz CT molecular complexity index is 340. The number of rotatable bonds is 6. The molecule has 0 spiro atoms. The maximum absolute atomic E-state index is 12.6. The quantitative estimate of drug-likeness (QED) is 0.760. The zero-order valence-corrected chi connectivity index (χ0v) is 11.3. The molecule has 5 nitrogen and oxygen atoms in total. The van der Waals surface area contributed by atoms with Crippen LogP contribution in [0.25, 0.3) is 0 Å². The summed E-state index contributed by atoms with van der Waals surface area (Å²) < 4.78 is 0. The van der Waals surface area contributed by atoms with Gasteiger partial charge in [-0.05, 0) is 38.5 Å². The lowest BCUT2D eigenvalue weighted by Crippen LogP contribution is -2.48. The van der Waals surface area contributed by atoms with Crippen LogP contribution in [0.15, 0.2) is 0 Å². The van der Waals surface area contributed by atoms with Gasteiger partial charge in [-0.3, -0.25) is 9.59 Å². The number of nitrogens with zero attached hydrogens (tertiary/aromatic N) is 1. The van der Waals surface area contributed by atoms with E-state index in [0.717, 1.165) is 25.7 Å². The molecule has 0 aliphatic heterocycles. The second kappa shape index (κ2) is 6.37. The van der Waals surface area contributed by atoms with E-state index in [2.05, 4.69) is 0 Å². The minimum atomic E-state index is -0.841. The van der Waals surface area contributed by atoms with Crippen LogP contribution in [0.4, 0.5) is 0 Å². The van der Waals surface area contributed by atoms with Gasteiger partial charge in [-0.2, -0.15) is 0 Å². The molecule has 0 saturated heterocycles. The highest BCUT2D eigenvalue weighted by Crippen LogP contribution is 2.35. The summed E-state index contributed by atoms with van der Waals surface area (Å²) in [5.74, 6) is -1.70. The maximum Gasteiger partial charge on any atom is 0.307 e. The zero-order chi connectivity index (χ0) is 13.8. The number of hydrogen-bond acceptors (Lipinski definition) is 3. The van der Waals surface area contributed by atoms with Crippen LogP contribution in [0.3, 0.4) is 0 Å². The lowest BCUT2D eigenvalue weighted by atomic mass is 9.88. The fourth-order valence-electron chi connectivity index (χ4n) is 3.18. The summed E-state index contributed by atoms with van der Waals surface area (Å²) in [6, 6.07) is 0.272. The number of amides is 1. The van der Waals surface area contributed by atoms with E-state index in [1.54, 1.807) is 0 Å². The first-order valence-corrected chi connectivity index (χ1v) is 7.29. The number of aliphatic hydroxyl groups excluding tert-OH is 1. The molecular weight excluding hydrogens is 246 g/mol. The molecule has 0 heterocycles. The summed E-state index contributed by atoms with van der Waals surface area (Å²) in [5.41, 5.74) is 0. The molecule has 1 amide bonds. The summed E-state index contributed by atoms with van der Waals surface area (Å²) in [5, 5.41) is 18.1. The van der Waals surface area contributed by atoms with E-state index < -0.39 is 11.9 Å². The van der Waals surface area contributed by atoms with Crippen molar-refractivity contribution in [2.75, 3.05) is 13.2 Å². The molecule has 2 aliphatic carbocycles. The third-order valence-corrected chi connectivity index (χ3v) is 4.51. The molecule has 2 aliphatic rings. The van der Waals surface area contributed by atoms with E-state index >= 15 is 0 Å². The summed E-state index contributed by atoms with van der Waals surface area (Å²) >= 11 is 0. The first kappa shape index (κ1) is 14.3. The minimum Gasteiger partial charge on any atom is -0.481 e. The summed E-state index contributed by atoms with van der Waals surface area (Å²) in [6.45, 7) is 0.631. The van der Waals surface area contributed by atoms with Crippen LogP contribution in [0.1, 0.15) is 44.9 Å². The Morgan fingerprint density at radius 1 is 1.05 bits per heavy atom. The van der Waals surface area contributed by atoms with Crippen molar-refractivity contribution in [1.82, 2.24) is 4.90 Å². The Morgan fingerprint density at radius 3 is 2.21 bits per heavy atom. The number of aliphatic carboxylic acids is 1. The van der Waals surface area contributed by atoms with Crippen molar-refractivity contribution >= 4 is 11.9 Å². The number of carboxylic acids is 1. The molecule has 0 bridgehead atoms. The Hall–Kier alpha value is -1.10. The Balaban J connectivity index is 2.02. The second-order valence-corrected chi connectivity index (χ2v) is 5.68. The van der Waals surface area contributed by atoms with Crippen molar-refractivity contribution in [3.05, 3.63) is 0 Å². The number of carbonyl (C=O) groups excluding carboxylic acids is 1. The molecule has 0 aromatic heterocycles. The molecule has 2 fully saturated rings. The molecular formula is C14H23NO4. The first-order chi connectivity index (χ1) is 9.15. The van der Waals surface area contributed by atoms with Crippen molar-refractivity contribution in [2.45, 2.75) is 51.0 Å². The molecule has 5 heteroatoms. The maximum atomic E-state index is 12.6. The lowest BCUT2D eigenvalue weighted by Gasteiger charge is -2.39. The fraction of sp³-hybridized carbons (Fsp3) is 0.857. The van der Waals surface area contributed by atoms with Gasteiger partial charge in [0.1, 0.15) is 0 Å². The average Bonchev–Trinajstić information content (AvgIpc) is 2.80. The second-order valence-electron chi connectivity index (χ2n) is 5.68. The number of carboxylic acid groups (broad SMARTS) is 1. The number of aliphatic hydroxyl groups is 1. The third-order valence-electron chi connectivity index (χ3n) is 4.51. The van der Waals surface area contributed by atoms with E-state index in [-0.39, 0.29) is 24.5 Å². The first-order valence-electron chi connectivity index (χ1n) is 7.29. The topological polar surface area (TPSA) is 77.8 Å². The van der Waals surface area contributed by atoms with Crippen LogP contribution in [-0.4, -0.2) is 46.2 Å². The summed E-state index contributed by atoms with van der Waals surface area (Å²) in [6.07, 6.45) is 5.88. The van der Waals surface area contributed by atoms with Crippen LogP contribution in [0.5, 0.6) is 0 Å². The molecule has 19 heavy (non-hydrogen) atoms. The normalized spacial score (nSPS) is 27.0. The Labute approximate surface area is 113 Å². The van der Waals surface area contributed by atoms with Crippen molar-refractivity contribution in [3.8, 4) is 0 Å². The summed E-state index contributed by atoms with van der Waals surface area (Å²) in [7, 11) is 0. The predicted octanol–water partition coefficient (Wildman–Crippen LogP) is 1.25. The van der Waals surface area contributed by atoms with Gasteiger partial charge in [0.15, 0.2) is 0 Å². The lowest BCUT2D eigenvalue weighted by molar-refractivity contribution is -0.151. The molecule has 0 aromatic rings. The van der Waals surface area contributed by atoms with Crippen LogP contribution in [0.2, 0.25) is 0 Å². The Morgan fingerprint density at radius 2 is 1.68 bits per heavy atom. The molecule has 0 aromatic carbocycles. The molecule has 2 N–H and O–H groups in total. The monoisotopic (exact) mass is 269 g/mol. The fourth-order valence-corrected chi connectivity index (χ4v) is 3.18. The summed E-state index contributed by atoms with van der Waals surface area (Å²) in [4.78, 5) is 25.6. The van der Waals surface area contributed by atoms with Crippen LogP contribution in [-0.2, 0) is 9.59 Å². The smallest absolute Gasteiger partial charge is 0.307 e. The van der Waals surface area contributed by atoms with Gasteiger partial charge in [-0.25, -0.2) is 0 Å². The highest BCUT2D eigenvalue weighted by atomic mass is 16.4. The van der Waals surface area contributed by atoms with E-state index in [1.807, 2.05) is 4.90 Å². The Kier molecular flexibility index (Phi) is 4.80.